The molecule has 0 aromatic carbocycles. The molecule has 17 atom stereocenters. The molecule has 4 N–H and O–H groups in total. The van der Waals surface area contributed by atoms with Crippen LogP contribution in [0.4, 0.5) is 0 Å². The van der Waals surface area contributed by atoms with Crippen molar-refractivity contribution in [2.45, 2.75) is 153 Å². The number of nitrogens with zero attached hydrogens (tertiary/aromatic N) is 1. The zero-order valence-electron chi connectivity index (χ0n) is 36.5. The monoisotopic (exact) mass is 841 g/mol. The Morgan fingerprint density at radius 1 is 0.864 bits per heavy atom. The molecule has 3 fully saturated rings. The highest BCUT2D eigenvalue weighted by molar-refractivity contribution is 5.91. The third-order valence-corrected chi connectivity index (χ3v) is 12.1. The summed E-state index contributed by atoms with van der Waals surface area (Å²) in [6.07, 6.45) is -2.66. The molecule has 338 valence electrons. The molecule has 16 nitrogen and oxygen atoms in total. The predicted molar refractivity (Wildman–Crippen MR) is 214 cm³/mol. The van der Waals surface area contributed by atoms with Gasteiger partial charge >= 0.3 is 5.97 Å². The van der Waals surface area contributed by atoms with Crippen molar-refractivity contribution in [3.05, 3.63) is 35.8 Å². The third kappa shape index (κ3) is 13.0. The first-order chi connectivity index (χ1) is 28.0. The maximum Gasteiger partial charge on any atom is 0.308 e. The van der Waals surface area contributed by atoms with Gasteiger partial charge in [-0.15, -0.1) is 0 Å². The van der Waals surface area contributed by atoms with Crippen LogP contribution in [0.15, 0.2) is 35.8 Å². The lowest BCUT2D eigenvalue weighted by Crippen LogP contribution is -2.63. The van der Waals surface area contributed by atoms with E-state index < -0.39 is 109 Å². The maximum atomic E-state index is 13.8. The number of ketones is 1. The van der Waals surface area contributed by atoms with E-state index in [2.05, 4.69) is 0 Å². The molecule has 0 aromatic heterocycles. The van der Waals surface area contributed by atoms with Gasteiger partial charge in [-0.25, -0.2) is 0 Å². The summed E-state index contributed by atoms with van der Waals surface area (Å²) in [5.74, 6) is -2.66. The molecule has 59 heavy (non-hydrogen) atoms. The number of allylic oxidation sites excluding steroid dienone is 4. The van der Waals surface area contributed by atoms with Crippen LogP contribution in [0.5, 0.6) is 0 Å². The summed E-state index contributed by atoms with van der Waals surface area (Å²) in [6.45, 7) is 11.7. The third-order valence-electron chi connectivity index (χ3n) is 12.1. The molecule has 16 heteroatoms. The highest BCUT2D eigenvalue weighted by Gasteiger charge is 2.48. The van der Waals surface area contributed by atoms with Crippen LogP contribution < -0.4 is 0 Å². The minimum Gasteiger partial charge on any atom is -0.466 e. The van der Waals surface area contributed by atoms with Crippen molar-refractivity contribution in [3.8, 4) is 0 Å². The Morgan fingerprint density at radius 3 is 2.14 bits per heavy atom. The van der Waals surface area contributed by atoms with Gasteiger partial charge in [-0.05, 0) is 72.2 Å². The van der Waals surface area contributed by atoms with Gasteiger partial charge in [0.05, 0.1) is 62.8 Å². The Kier molecular flexibility index (Phi) is 19.3. The molecule has 4 aliphatic rings. The van der Waals surface area contributed by atoms with Crippen LogP contribution >= 0.6 is 0 Å². The number of hydrogen-bond donors (Lipinski definition) is 4. The van der Waals surface area contributed by atoms with Gasteiger partial charge in [0.2, 0.25) is 0 Å². The summed E-state index contributed by atoms with van der Waals surface area (Å²) in [4.78, 5) is 29.3. The summed E-state index contributed by atoms with van der Waals surface area (Å²) in [5.41, 5.74) is 0.727. The number of ether oxygens (including phenoxy) is 9. The van der Waals surface area contributed by atoms with Crippen molar-refractivity contribution in [1.29, 1.82) is 0 Å². The number of methoxy groups -OCH3 is 2. The van der Waals surface area contributed by atoms with E-state index in [1.165, 1.54) is 20.3 Å². The van der Waals surface area contributed by atoms with Crippen LogP contribution in [0.1, 0.15) is 73.6 Å². The van der Waals surface area contributed by atoms with E-state index in [0.29, 0.717) is 38.4 Å². The highest BCUT2D eigenvalue weighted by atomic mass is 16.7. The van der Waals surface area contributed by atoms with Crippen LogP contribution in [0.3, 0.4) is 0 Å². The fraction of sp³-hybridized carbons (Fsp3) is 0.814. The van der Waals surface area contributed by atoms with Crippen molar-refractivity contribution in [1.82, 2.24) is 4.90 Å². The Balaban J connectivity index is 1.69. The molecule has 0 aliphatic carbocycles. The second kappa shape index (κ2) is 23.1. The van der Waals surface area contributed by atoms with E-state index >= 15 is 0 Å². The van der Waals surface area contributed by atoms with E-state index in [4.69, 9.17) is 42.6 Å². The number of carbonyl (C=O) groups excluding carboxylic acids is 2. The molecular weight excluding hydrogens is 770 g/mol. The standard InChI is InChI=1S/C43H71NO15/c1-11-32-29(22-55-43-41(52-10)40(51-9)37(49)27(6)57-43)19-23(2)13-15-30(45)24(3)20-28(14-16-34-53-17-12-18-54-34)39(25(4)31(46)21-33(47)58-32)59-42-38(50)35(44(7)8)36(48)26(5)56-42/h13,15-16,19,24-29,31-32,35-43,46,48-50H,11-12,14,17-18,20-22H2,1-10H3/b15-13+,23-19+/t24-,25+,26-,27-,28+,29-,31-,32-,35+,36-,37-,38-,39-,40-,41-,42+,43-/m1/s1. The lowest BCUT2D eigenvalue weighted by atomic mass is 9.79. The average molecular weight is 842 g/mol. The Morgan fingerprint density at radius 2 is 1.51 bits per heavy atom. The molecule has 3 saturated heterocycles. The van der Waals surface area contributed by atoms with Crippen LogP contribution in [0, 0.1) is 23.7 Å². The number of likely N-dealkylation sites (N-methyl/N-ethyl adjacent to an activating group) is 1. The first-order valence-electron chi connectivity index (χ1n) is 21.1. The zero-order valence-corrected chi connectivity index (χ0v) is 36.5. The lowest BCUT2D eigenvalue weighted by molar-refractivity contribution is -0.304. The molecule has 0 saturated carbocycles. The molecule has 4 aliphatic heterocycles. The van der Waals surface area contributed by atoms with Crippen LogP contribution in [-0.2, 0) is 52.2 Å². The van der Waals surface area contributed by atoms with Crippen LogP contribution in [0.25, 0.3) is 0 Å². The Hall–Kier alpha value is -2.48. The number of carbonyl (C=O) groups is 2. The van der Waals surface area contributed by atoms with Gasteiger partial charge in [-0.1, -0.05) is 38.5 Å². The largest absolute Gasteiger partial charge is 0.466 e. The predicted octanol–water partition coefficient (Wildman–Crippen LogP) is 2.64. The number of rotatable bonds is 11. The van der Waals surface area contributed by atoms with Gasteiger partial charge in [-0.3, -0.25) is 9.59 Å². The molecular formula is C43H71NO15. The second-order valence-corrected chi connectivity index (χ2v) is 16.8. The van der Waals surface area contributed by atoms with Gasteiger partial charge in [0.25, 0.3) is 5.95 Å². The van der Waals surface area contributed by atoms with Crippen molar-refractivity contribution in [3.63, 3.8) is 0 Å². The van der Waals surface area contributed by atoms with E-state index in [0.717, 1.165) is 12.0 Å². The fourth-order valence-electron chi connectivity index (χ4n) is 8.45. The summed E-state index contributed by atoms with van der Waals surface area (Å²) in [7, 11) is 6.45. The molecule has 0 spiro atoms. The van der Waals surface area contributed by atoms with E-state index in [1.807, 2.05) is 26.8 Å². The number of esters is 1. The molecule has 0 unspecified atom stereocenters. The highest BCUT2D eigenvalue weighted by Crippen LogP contribution is 2.36. The lowest BCUT2D eigenvalue weighted by Gasteiger charge is -2.46. The zero-order chi connectivity index (χ0) is 43.6. The van der Waals surface area contributed by atoms with Crippen molar-refractivity contribution >= 4 is 11.8 Å². The molecule has 4 heterocycles. The first kappa shape index (κ1) is 49.2. The SMILES string of the molecule is CC[C@H]1OC(=O)C[C@@H](O)[C@H](C)[C@@H](O[C@@H]2O[C@H](C)[C@@H](O)[C@H](N(C)C)[C@H]2O)[C@@H](CC=C2OCCCO2)C[C@@H](C)C(=O)/C=C/C(C)=C/[C@@H]1CO[C@@H]1O[C@H](C)[C@@H](O)[C@@H](OC)[C@H]1OC. The molecule has 4 rings (SSSR count). The Labute approximate surface area is 349 Å². The minimum absolute atomic E-state index is 0.0232. The number of hydrogen-bond acceptors (Lipinski definition) is 16. The summed E-state index contributed by atoms with van der Waals surface area (Å²) in [5, 5.41) is 44.9. The van der Waals surface area contributed by atoms with E-state index in [9.17, 15) is 30.0 Å². The summed E-state index contributed by atoms with van der Waals surface area (Å²) < 4.78 is 53.7. The smallest absolute Gasteiger partial charge is 0.308 e. The van der Waals surface area contributed by atoms with E-state index in [1.54, 1.807) is 51.9 Å². The van der Waals surface area contributed by atoms with Gasteiger partial charge in [-0.2, -0.15) is 0 Å². The number of aliphatic hydroxyl groups excluding tert-OH is 4. The molecule has 0 amide bonds. The second-order valence-electron chi connectivity index (χ2n) is 16.8. The van der Waals surface area contributed by atoms with Gasteiger partial charge in [0.15, 0.2) is 18.4 Å². The first-order valence-corrected chi connectivity index (χ1v) is 21.1. The normalized spacial score (nSPS) is 42.3. The molecule has 0 radical (unpaired) electrons. The van der Waals surface area contributed by atoms with Crippen molar-refractivity contribution in [2.75, 3.05) is 48.1 Å². The summed E-state index contributed by atoms with van der Waals surface area (Å²) >= 11 is 0. The van der Waals surface area contributed by atoms with Crippen LogP contribution in [0.2, 0.25) is 0 Å². The van der Waals surface area contributed by atoms with Gasteiger partial charge in [0, 0.05) is 38.4 Å². The molecule has 0 aromatic rings. The quantitative estimate of drug-likeness (QED) is 0.221. The molecule has 0 bridgehead atoms. The van der Waals surface area contributed by atoms with Crippen LogP contribution in [-0.4, -0.2) is 165 Å². The van der Waals surface area contributed by atoms with Crippen molar-refractivity contribution in [2.24, 2.45) is 23.7 Å². The topological polar surface area (TPSA) is 201 Å². The number of cyclic esters (lactones) is 1. The van der Waals surface area contributed by atoms with Crippen molar-refractivity contribution < 1.29 is 72.6 Å². The average Bonchev–Trinajstić information content (AvgIpc) is 3.20. The Bertz CT molecular complexity index is 1410. The minimum atomic E-state index is -1.28. The maximum absolute atomic E-state index is 13.8. The van der Waals surface area contributed by atoms with Gasteiger partial charge < -0.3 is 68.0 Å². The van der Waals surface area contributed by atoms with Gasteiger partial charge in [0.1, 0.15) is 30.5 Å². The number of aliphatic hydroxyl groups is 4. The summed E-state index contributed by atoms with van der Waals surface area (Å²) in [6, 6.07) is -0.721. The van der Waals surface area contributed by atoms with E-state index in [-0.39, 0.29) is 18.8 Å². The fourth-order valence-corrected chi connectivity index (χ4v) is 8.45.